The average Bonchev–Trinajstić information content (AvgIpc) is 2.18. The standard InChI is InChI=1S/C12H17NO2/c1-9-3-5-10(6-4-9)12(13)7-11(14)8-15-2/h3-6,12H,7-8,13H2,1-2H3. The molecule has 0 aliphatic rings. The number of benzene rings is 1. The molecule has 1 aromatic carbocycles. The third-order valence-electron chi connectivity index (χ3n) is 2.26. The van der Waals surface area contributed by atoms with Gasteiger partial charge in [0.05, 0.1) is 0 Å². The average molecular weight is 207 g/mol. The van der Waals surface area contributed by atoms with Gasteiger partial charge in [0.1, 0.15) is 6.61 Å². The van der Waals surface area contributed by atoms with Crippen molar-refractivity contribution in [1.29, 1.82) is 0 Å². The highest BCUT2D eigenvalue weighted by Gasteiger charge is 2.10. The van der Waals surface area contributed by atoms with E-state index in [4.69, 9.17) is 10.5 Å². The van der Waals surface area contributed by atoms with E-state index in [2.05, 4.69) is 0 Å². The molecule has 0 bridgehead atoms. The summed E-state index contributed by atoms with van der Waals surface area (Å²) in [6.45, 7) is 2.16. The van der Waals surface area contributed by atoms with Crippen molar-refractivity contribution in [1.82, 2.24) is 0 Å². The second-order valence-corrected chi connectivity index (χ2v) is 3.69. The lowest BCUT2D eigenvalue weighted by atomic mass is 10.0. The summed E-state index contributed by atoms with van der Waals surface area (Å²) in [6, 6.07) is 7.68. The summed E-state index contributed by atoms with van der Waals surface area (Å²) >= 11 is 0. The molecular weight excluding hydrogens is 190 g/mol. The number of hydrogen-bond donors (Lipinski definition) is 1. The molecule has 1 atom stereocenters. The molecule has 0 heterocycles. The van der Waals surface area contributed by atoms with E-state index < -0.39 is 0 Å². The number of carbonyl (C=O) groups excluding carboxylic acids is 1. The van der Waals surface area contributed by atoms with E-state index in [0.29, 0.717) is 6.42 Å². The lowest BCUT2D eigenvalue weighted by molar-refractivity contribution is -0.123. The van der Waals surface area contributed by atoms with Crippen molar-refractivity contribution >= 4 is 5.78 Å². The van der Waals surface area contributed by atoms with Gasteiger partial charge in [-0.05, 0) is 12.5 Å². The zero-order valence-electron chi connectivity index (χ0n) is 9.19. The smallest absolute Gasteiger partial charge is 0.160 e. The summed E-state index contributed by atoms with van der Waals surface area (Å²) in [4.78, 5) is 11.3. The third kappa shape index (κ3) is 3.81. The lowest BCUT2D eigenvalue weighted by Gasteiger charge is -2.11. The van der Waals surface area contributed by atoms with E-state index in [0.717, 1.165) is 5.56 Å². The summed E-state index contributed by atoms with van der Waals surface area (Å²) in [7, 11) is 1.51. The molecule has 0 aliphatic carbocycles. The van der Waals surface area contributed by atoms with E-state index in [-0.39, 0.29) is 18.4 Å². The van der Waals surface area contributed by atoms with E-state index >= 15 is 0 Å². The largest absolute Gasteiger partial charge is 0.377 e. The first-order chi connectivity index (χ1) is 7.13. The maximum absolute atomic E-state index is 11.3. The summed E-state index contributed by atoms with van der Waals surface area (Å²) in [5.41, 5.74) is 8.08. The second kappa shape index (κ2) is 5.63. The minimum Gasteiger partial charge on any atom is -0.377 e. The molecule has 3 heteroatoms. The normalized spacial score (nSPS) is 12.5. The highest BCUT2D eigenvalue weighted by atomic mass is 16.5. The van der Waals surface area contributed by atoms with Crippen molar-refractivity contribution in [3.8, 4) is 0 Å². The number of aryl methyl sites for hydroxylation is 1. The molecule has 0 saturated heterocycles. The first-order valence-electron chi connectivity index (χ1n) is 4.96. The fraction of sp³-hybridized carbons (Fsp3) is 0.417. The summed E-state index contributed by atoms with van der Waals surface area (Å²) in [5.74, 6) is 0.0329. The van der Waals surface area contributed by atoms with E-state index in [1.165, 1.54) is 12.7 Å². The van der Waals surface area contributed by atoms with E-state index in [1.807, 2.05) is 31.2 Å². The van der Waals surface area contributed by atoms with Gasteiger partial charge in [0.15, 0.2) is 5.78 Å². The fourth-order valence-electron chi connectivity index (χ4n) is 1.40. The third-order valence-corrected chi connectivity index (χ3v) is 2.26. The van der Waals surface area contributed by atoms with Crippen LogP contribution in [-0.2, 0) is 9.53 Å². The van der Waals surface area contributed by atoms with Gasteiger partial charge in [-0.25, -0.2) is 0 Å². The van der Waals surface area contributed by atoms with Crippen LogP contribution in [0.15, 0.2) is 24.3 Å². The van der Waals surface area contributed by atoms with Crippen molar-refractivity contribution in [3.05, 3.63) is 35.4 Å². The van der Waals surface area contributed by atoms with Gasteiger partial charge in [-0.2, -0.15) is 0 Å². The zero-order chi connectivity index (χ0) is 11.3. The van der Waals surface area contributed by atoms with Gasteiger partial charge in [-0.15, -0.1) is 0 Å². The van der Waals surface area contributed by atoms with Gasteiger partial charge in [-0.3, -0.25) is 4.79 Å². The van der Waals surface area contributed by atoms with Crippen LogP contribution in [0.3, 0.4) is 0 Å². The fourth-order valence-corrected chi connectivity index (χ4v) is 1.40. The van der Waals surface area contributed by atoms with Gasteiger partial charge in [0.2, 0.25) is 0 Å². The SMILES string of the molecule is COCC(=O)CC(N)c1ccc(C)cc1. The van der Waals surface area contributed by atoms with Crippen molar-refractivity contribution in [2.45, 2.75) is 19.4 Å². The van der Waals surface area contributed by atoms with Crippen molar-refractivity contribution in [2.24, 2.45) is 5.73 Å². The highest BCUT2D eigenvalue weighted by Crippen LogP contribution is 2.14. The molecular formula is C12H17NO2. The zero-order valence-corrected chi connectivity index (χ0v) is 9.19. The first kappa shape index (κ1) is 11.9. The van der Waals surface area contributed by atoms with Gasteiger partial charge >= 0.3 is 0 Å². The first-order valence-corrected chi connectivity index (χ1v) is 4.96. The van der Waals surface area contributed by atoms with Gasteiger partial charge in [0, 0.05) is 19.6 Å². The molecule has 0 aromatic heterocycles. The molecule has 0 radical (unpaired) electrons. The second-order valence-electron chi connectivity index (χ2n) is 3.69. The maximum atomic E-state index is 11.3. The number of carbonyl (C=O) groups is 1. The van der Waals surface area contributed by atoms with Crippen LogP contribution in [0.4, 0.5) is 0 Å². The Morgan fingerprint density at radius 2 is 2.00 bits per heavy atom. The number of methoxy groups -OCH3 is 1. The van der Waals surface area contributed by atoms with Crippen LogP contribution in [0.1, 0.15) is 23.6 Å². The molecule has 82 valence electrons. The predicted molar refractivity (Wildman–Crippen MR) is 59.6 cm³/mol. The molecule has 0 amide bonds. The molecule has 0 spiro atoms. The number of hydrogen-bond acceptors (Lipinski definition) is 3. The molecule has 15 heavy (non-hydrogen) atoms. The molecule has 0 fully saturated rings. The topological polar surface area (TPSA) is 52.3 Å². The molecule has 1 unspecified atom stereocenters. The Morgan fingerprint density at radius 3 is 2.53 bits per heavy atom. The number of Topliss-reactive ketones (excluding diaryl/α,β-unsaturated/α-hetero) is 1. The Labute approximate surface area is 90.2 Å². The molecule has 0 saturated carbocycles. The molecule has 1 aromatic rings. The van der Waals surface area contributed by atoms with Crippen LogP contribution in [0, 0.1) is 6.92 Å². The molecule has 1 rings (SSSR count). The number of ether oxygens (including phenoxy) is 1. The monoisotopic (exact) mass is 207 g/mol. The van der Waals surface area contributed by atoms with Crippen LogP contribution in [0.2, 0.25) is 0 Å². The molecule has 0 aliphatic heterocycles. The molecule has 3 nitrogen and oxygen atoms in total. The maximum Gasteiger partial charge on any atom is 0.160 e. The van der Waals surface area contributed by atoms with Crippen LogP contribution in [0.25, 0.3) is 0 Å². The van der Waals surface area contributed by atoms with Gasteiger partial charge in [0.25, 0.3) is 0 Å². The Balaban J connectivity index is 2.57. The minimum atomic E-state index is -0.228. The highest BCUT2D eigenvalue weighted by molar-refractivity contribution is 5.80. The quantitative estimate of drug-likeness (QED) is 0.798. The Kier molecular flexibility index (Phi) is 4.46. The van der Waals surface area contributed by atoms with Crippen LogP contribution in [0.5, 0.6) is 0 Å². The summed E-state index contributed by atoms with van der Waals surface area (Å²) in [5, 5.41) is 0. The number of nitrogens with two attached hydrogens (primary N) is 1. The van der Waals surface area contributed by atoms with Crippen molar-refractivity contribution in [3.63, 3.8) is 0 Å². The van der Waals surface area contributed by atoms with Crippen molar-refractivity contribution in [2.75, 3.05) is 13.7 Å². The Hall–Kier alpha value is -1.19. The molecule has 2 N–H and O–H groups in total. The van der Waals surface area contributed by atoms with Gasteiger partial charge in [-0.1, -0.05) is 29.8 Å². The predicted octanol–water partition coefficient (Wildman–Crippen LogP) is 1.60. The van der Waals surface area contributed by atoms with E-state index in [1.54, 1.807) is 0 Å². The van der Waals surface area contributed by atoms with E-state index in [9.17, 15) is 4.79 Å². The number of rotatable bonds is 5. The minimum absolute atomic E-state index is 0.0329. The van der Waals surface area contributed by atoms with Gasteiger partial charge < -0.3 is 10.5 Å². The van der Waals surface area contributed by atoms with Crippen LogP contribution in [-0.4, -0.2) is 19.5 Å². The Bertz CT molecular complexity index is 319. The van der Waals surface area contributed by atoms with Crippen molar-refractivity contribution < 1.29 is 9.53 Å². The van der Waals surface area contributed by atoms with Crippen LogP contribution < -0.4 is 5.73 Å². The van der Waals surface area contributed by atoms with Crippen LogP contribution >= 0.6 is 0 Å². The Morgan fingerprint density at radius 1 is 1.40 bits per heavy atom. The lowest BCUT2D eigenvalue weighted by Crippen LogP contribution is -2.18. The summed E-state index contributed by atoms with van der Waals surface area (Å²) < 4.78 is 4.75. The summed E-state index contributed by atoms with van der Waals surface area (Å²) in [6.07, 6.45) is 0.330. The number of ketones is 1.